The van der Waals surface area contributed by atoms with Crippen molar-refractivity contribution in [3.05, 3.63) is 77.5 Å². The van der Waals surface area contributed by atoms with Gasteiger partial charge in [-0.05, 0) is 43.7 Å². The van der Waals surface area contributed by atoms with E-state index in [9.17, 15) is 15.0 Å². The van der Waals surface area contributed by atoms with Crippen LogP contribution in [0.15, 0.2) is 71.9 Å². The quantitative estimate of drug-likeness (QED) is 0.458. The average molecular weight is 405 g/mol. The van der Waals surface area contributed by atoms with Gasteiger partial charge in [0.15, 0.2) is 5.65 Å². The SMILES string of the molecule is CC(C)(O)C(O)COc1ccc(-c2cn(-c3ccccc3)c3nc[nH]c(=O)c23)cc1. The van der Waals surface area contributed by atoms with Crippen molar-refractivity contribution in [2.75, 3.05) is 6.61 Å². The molecule has 7 nitrogen and oxygen atoms in total. The van der Waals surface area contributed by atoms with Gasteiger partial charge in [0, 0.05) is 17.4 Å². The van der Waals surface area contributed by atoms with E-state index < -0.39 is 11.7 Å². The lowest BCUT2D eigenvalue weighted by Gasteiger charge is -2.24. The highest BCUT2D eigenvalue weighted by atomic mass is 16.5. The van der Waals surface area contributed by atoms with Gasteiger partial charge >= 0.3 is 0 Å². The molecule has 0 aliphatic heterocycles. The first kappa shape index (κ1) is 19.9. The summed E-state index contributed by atoms with van der Waals surface area (Å²) in [7, 11) is 0. The van der Waals surface area contributed by atoms with Crippen molar-refractivity contribution in [1.29, 1.82) is 0 Å². The number of H-pyrrole nitrogens is 1. The molecule has 4 rings (SSSR count). The number of nitrogens with zero attached hydrogens (tertiary/aromatic N) is 2. The average Bonchev–Trinajstić information content (AvgIpc) is 3.13. The summed E-state index contributed by atoms with van der Waals surface area (Å²) >= 11 is 0. The van der Waals surface area contributed by atoms with Gasteiger partial charge in [0.25, 0.3) is 5.56 Å². The maximum absolute atomic E-state index is 12.6. The third-order valence-electron chi connectivity index (χ3n) is 5.01. The lowest BCUT2D eigenvalue weighted by atomic mass is 10.0. The molecule has 30 heavy (non-hydrogen) atoms. The summed E-state index contributed by atoms with van der Waals surface area (Å²) in [6.45, 7) is 3.02. The summed E-state index contributed by atoms with van der Waals surface area (Å²) in [6.07, 6.45) is 2.29. The van der Waals surface area contributed by atoms with E-state index in [0.29, 0.717) is 16.8 Å². The van der Waals surface area contributed by atoms with Crippen LogP contribution in [0.4, 0.5) is 0 Å². The van der Waals surface area contributed by atoms with Crippen LogP contribution in [0.2, 0.25) is 0 Å². The van der Waals surface area contributed by atoms with Crippen LogP contribution in [0.5, 0.6) is 5.75 Å². The van der Waals surface area contributed by atoms with Crippen LogP contribution in [0.3, 0.4) is 0 Å². The molecule has 154 valence electrons. The topological polar surface area (TPSA) is 100 Å². The minimum atomic E-state index is -1.24. The van der Waals surface area contributed by atoms with E-state index in [-0.39, 0.29) is 12.2 Å². The molecule has 2 aromatic heterocycles. The second-order valence-corrected chi connectivity index (χ2v) is 7.68. The normalized spacial score (nSPS) is 12.8. The lowest BCUT2D eigenvalue weighted by molar-refractivity contribution is -0.0661. The molecule has 0 saturated heterocycles. The van der Waals surface area contributed by atoms with Crippen molar-refractivity contribution in [3.63, 3.8) is 0 Å². The van der Waals surface area contributed by atoms with E-state index in [2.05, 4.69) is 9.97 Å². The third kappa shape index (κ3) is 3.85. The first-order chi connectivity index (χ1) is 14.3. The van der Waals surface area contributed by atoms with Gasteiger partial charge in [0.1, 0.15) is 18.5 Å². The minimum Gasteiger partial charge on any atom is -0.491 e. The van der Waals surface area contributed by atoms with Crippen LogP contribution in [0.1, 0.15) is 13.8 Å². The van der Waals surface area contributed by atoms with Crippen molar-refractivity contribution >= 4 is 11.0 Å². The molecule has 0 aliphatic carbocycles. The van der Waals surface area contributed by atoms with Crippen LogP contribution >= 0.6 is 0 Å². The summed E-state index contributed by atoms with van der Waals surface area (Å²) in [5.74, 6) is 0.556. The summed E-state index contributed by atoms with van der Waals surface area (Å²) < 4.78 is 7.47. The number of aromatic amines is 1. The molecule has 7 heteroatoms. The second kappa shape index (κ2) is 7.78. The number of hydrogen-bond donors (Lipinski definition) is 3. The van der Waals surface area contributed by atoms with Gasteiger partial charge < -0.3 is 24.5 Å². The number of aliphatic hydroxyl groups excluding tert-OH is 1. The molecule has 3 N–H and O–H groups in total. The monoisotopic (exact) mass is 405 g/mol. The zero-order chi connectivity index (χ0) is 21.3. The predicted octanol–water partition coefficient (Wildman–Crippen LogP) is 2.89. The summed E-state index contributed by atoms with van der Waals surface area (Å²) in [4.78, 5) is 19.6. The molecule has 0 aliphatic rings. The first-order valence-electron chi connectivity index (χ1n) is 9.62. The van der Waals surface area contributed by atoms with E-state index >= 15 is 0 Å². The summed E-state index contributed by atoms with van der Waals surface area (Å²) in [5, 5.41) is 20.2. The number of nitrogens with one attached hydrogen (secondary N) is 1. The first-order valence-corrected chi connectivity index (χ1v) is 9.62. The van der Waals surface area contributed by atoms with Gasteiger partial charge in [0.05, 0.1) is 17.3 Å². The zero-order valence-corrected chi connectivity index (χ0v) is 16.7. The van der Waals surface area contributed by atoms with Gasteiger partial charge in [-0.15, -0.1) is 0 Å². The van der Waals surface area contributed by atoms with Gasteiger partial charge in [-0.3, -0.25) is 4.79 Å². The number of benzene rings is 2. The van der Waals surface area contributed by atoms with Crippen molar-refractivity contribution in [1.82, 2.24) is 14.5 Å². The summed E-state index contributed by atoms with van der Waals surface area (Å²) in [5.41, 5.74) is 1.63. The van der Waals surface area contributed by atoms with Crippen LogP contribution in [-0.2, 0) is 0 Å². The van der Waals surface area contributed by atoms with Crippen LogP contribution < -0.4 is 10.3 Å². The number of aromatic nitrogens is 3. The van der Waals surface area contributed by atoms with E-state index in [1.54, 1.807) is 12.1 Å². The molecule has 2 heterocycles. The molecule has 0 spiro atoms. The number of hydrogen-bond acceptors (Lipinski definition) is 5. The van der Waals surface area contributed by atoms with Crippen LogP contribution in [0.25, 0.3) is 27.8 Å². The van der Waals surface area contributed by atoms with E-state index in [4.69, 9.17) is 4.74 Å². The maximum atomic E-state index is 12.6. The molecular weight excluding hydrogens is 382 g/mol. The highest BCUT2D eigenvalue weighted by molar-refractivity contribution is 5.94. The van der Waals surface area contributed by atoms with Crippen molar-refractivity contribution < 1.29 is 14.9 Å². The number of ether oxygens (including phenoxy) is 1. The fraction of sp³-hybridized carbons (Fsp3) is 0.217. The third-order valence-corrected chi connectivity index (χ3v) is 5.01. The molecule has 0 radical (unpaired) electrons. The van der Waals surface area contributed by atoms with E-state index in [0.717, 1.165) is 16.8 Å². The smallest absolute Gasteiger partial charge is 0.260 e. The number of para-hydroxylation sites is 1. The van der Waals surface area contributed by atoms with Gasteiger partial charge in [-0.1, -0.05) is 30.3 Å². The highest BCUT2D eigenvalue weighted by Crippen LogP contribution is 2.30. The molecular formula is C23H23N3O4. The fourth-order valence-corrected chi connectivity index (χ4v) is 3.18. The molecule has 4 aromatic rings. The summed E-state index contributed by atoms with van der Waals surface area (Å²) in [6, 6.07) is 16.9. The standard InChI is InChI=1S/C23H23N3O4/c1-23(2,29)19(27)13-30-17-10-8-15(9-11-17)18-12-26(16-6-4-3-5-7-16)21-20(18)22(28)25-14-24-21/h3-12,14,19,27,29H,13H2,1-2H3,(H,24,25,28). The Labute approximate surface area is 173 Å². The molecule has 0 bridgehead atoms. The number of rotatable bonds is 6. The molecule has 2 aromatic carbocycles. The van der Waals surface area contributed by atoms with Crippen LogP contribution in [-0.4, -0.2) is 43.1 Å². The molecule has 0 amide bonds. The molecule has 0 fully saturated rings. The highest BCUT2D eigenvalue weighted by Gasteiger charge is 2.25. The minimum absolute atomic E-state index is 0.0280. The van der Waals surface area contributed by atoms with Crippen molar-refractivity contribution in [3.8, 4) is 22.6 Å². The molecule has 1 unspecified atom stereocenters. The Morgan fingerprint density at radius 3 is 2.50 bits per heavy atom. The Hall–Kier alpha value is -3.42. The Morgan fingerprint density at radius 1 is 1.13 bits per heavy atom. The van der Waals surface area contributed by atoms with Crippen LogP contribution in [0, 0.1) is 0 Å². The van der Waals surface area contributed by atoms with Gasteiger partial charge in [-0.2, -0.15) is 0 Å². The number of aliphatic hydroxyl groups is 2. The van der Waals surface area contributed by atoms with Crippen molar-refractivity contribution in [2.24, 2.45) is 0 Å². The van der Waals surface area contributed by atoms with Gasteiger partial charge in [-0.25, -0.2) is 4.98 Å². The van der Waals surface area contributed by atoms with Crippen molar-refractivity contribution in [2.45, 2.75) is 25.6 Å². The predicted molar refractivity (Wildman–Crippen MR) is 115 cm³/mol. The van der Waals surface area contributed by atoms with E-state index in [1.807, 2.05) is 53.2 Å². The largest absolute Gasteiger partial charge is 0.491 e. The maximum Gasteiger partial charge on any atom is 0.260 e. The lowest BCUT2D eigenvalue weighted by Crippen LogP contribution is -2.40. The van der Waals surface area contributed by atoms with E-state index in [1.165, 1.54) is 20.2 Å². The van der Waals surface area contributed by atoms with Gasteiger partial charge in [0.2, 0.25) is 0 Å². The Bertz CT molecular complexity index is 1210. The fourth-order valence-electron chi connectivity index (χ4n) is 3.18. The Balaban J connectivity index is 1.69. The number of fused-ring (bicyclic) bond motifs is 1. The molecule has 0 saturated carbocycles. The zero-order valence-electron chi connectivity index (χ0n) is 16.7. The molecule has 1 atom stereocenters. The Morgan fingerprint density at radius 2 is 1.83 bits per heavy atom. The second-order valence-electron chi connectivity index (χ2n) is 7.68. The Kier molecular flexibility index (Phi) is 5.15.